The quantitative estimate of drug-likeness (QED) is 0.626. The average Bonchev–Trinajstić information content (AvgIpc) is 2.98. The molecule has 0 aromatic carbocycles. The molecule has 1 aliphatic heterocycles. The van der Waals surface area contributed by atoms with Crippen LogP contribution >= 0.6 is 11.8 Å². The molecular formula is C15H26N2O3S. The molecule has 1 N–H and O–H groups in total. The molecule has 2 aliphatic rings. The summed E-state index contributed by atoms with van der Waals surface area (Å²) >= 11 is 1.61. The molecular weight excluding hydrogens is 288 g/mol. The standard InChI is InChI=1S/C15H26N2O3S/c1-2-3-9-20-14(18)13-10-21-11-17(13)15(19)16-12-7-5-4-6-8-12/h12-13H,2-11H2,1H3,(H,16,19)/t13-/m0/s1. The summed E-state index contributed by atoms with van der Waals surface area (Å²) in [5.41, 5.74) is 0. The predicted molar refractivity (Wildman–Crippen MR) is 84.2 cm³/mol. The van der Waals surface area contributed by atoms with E-state index < -0.39 is 6.04 Å². The Balaban J connectivity index is 1.82. The van der Waals surface area contributed by atoms with Gasteiger partial charge in [0.15, 0.2) is 0 Å². The molecule has 21 heavy (non-hydrogen) atoms. The van der Waals surface area contributed by atoms with Crippen LogP contribution in [0.15, 0.2) is 0 Å². The maximum absolute atomic E-state index is 12.4. The van der Waals surface area contributed by atoms with Crippen LogP contribution in [0.2, 0.25) is 0 Å². The van der Waals surface area contributed by atoms with E-state index in [2.05, 4.69) is 12.2 Å². The van der Waals surface area contributed by atoms with E-state index in [9.17, 15) is 9.59 Å². The van der Waals surface area contributed by atoms with Crippen molar-refractivity contribution in [3.8, 4) is 0 Å². The summed E-state index contributed by atoms with van der Waals surface area (Å²) in [5.74, 6) is 0.960. The summed E-state index contributed by atoms with van der Waals surface area (Å²) < 4.78 is 5.26. The number of carbonyl (C=O) groups excluding carboxylic acids is 2. The molecule has 0 radical (unpaired) electrons. The van der Waals surface area contributed by atoms with E-state index in [1.54, 1.807) is 16.7 Å². The summed E-state index contributed by atoms with van der Waals surface area (Å²) in [6.45, 7) is 2.51. The number of thioether (sulfide) groups is 1. The molecule has 2 rings (SSSR count). The largest absolute Gasteiger partial charge is 0.464 e. The number of urea groups is 1. The molecule has 0 unspecified atom stereocenters. The van der Waals surface area contributed by atoms with E-state index in [1.807, 2.05) is 0 Å². The second-order valence-electron chi connectivity index (χ2n) is 5.79. The van der Waals surface area contributed by atoms with Gasteiger partial charge >= 0.3 is 12.0 Å². The lowest BCUT2D eigenvalue weighted by Crippen LogP contribution is -2.50. The van der Waals surface area contributed by atoms with Crippen LogP contribution in [0.1, 0.15) is 51.9 Å². The van der Waals surface area contributed by atoms with Crippen molar-refractivity contribution in [1.29, 1.82) is 0 Å². The van der Waals surface area contributed by atoms with Crippen molar-refractivity contribution in [2.24, 2.45) is 0 Å². The molecule has 1 atom stereocenters. The Morgan fingerprint density at radius 1 is 1.29 bits per heavy atom. The van der Waals surface area contributed by atoms with Gasteiger partial charge in [-0.15, -0.1) is 11.8 Å². The fourth-order valence-corrected chi connectivity index (χ4v) is 3.89. The van der Waals surface area contributed by atoms with Gasteiger partial charge in [0.25, 0.3) is 0 Å². The second kappa shape index (κ2) is 8.51. The zero-order valence-corrected chi connectivity index (χ0v) is 13.6. The summed E-state index contributed by atoms with van der Waals surface area (Å²) in [4.78, 5) is 26.1. The molecule has 120 valence electrons. The maximum Gasteiger partial charge on any atom is 0.329 e. The third-order valence-corrected chi connectivity index (χ3v) is 5.10. The summed E-state index contributed by atoms with van der Waals surface area (Å²) in [6.07, 6.45) is 7.61. The first-order valence-corrected chi connectivity index (χ1v) is 9.19. The lowest BCUT2D eigenvalue weighted by Gasteiger charge is -2.28. The van der Waals surface area contributed by atoms with Gasteiger partial charge in [-0.3, -0.25) is 0 Å². The molecule has 1 aliphatic carbocycles. The third kappa shape index (κ3) is 4.80. The summed E-state index contributed by atoms with van der Waals surface area (Å²) in [7, 11) is 0. The smallest absolute Gasteiger partial charge is 0.329 e. The molecule has 0 spiro atoms. The van der Waals surface area contributed by atoms with E-state index in [4.69, 9.17) is 4.74 Å². The lowest BCUT2D eigenvalue weighted by atomic mass is 9.96. The second-order valence-corrected chi connectivity index (χ2v) is 6.79. The minimum Gasteiger partial charge on any atom is -0.464 e. The molecule has 0 bridgehead atoms. The first kappa shape index (κ1) is 16.5. The zero-order chi connectivity index (χ0) is 15.1. The van der Waals surface area contributed by atoms with Crippen LogP contribution < -0.4 is 5.32 Å². The lowest BCUT2D eigenvalue weighted by molar-refractivity contribution is -0.147. The van der Waals surface area contributed by atoms with Crippen molar-refractivity contribution in [3.63, 3.8) is 0 Å². The van der Waals surface area contributed by atoms with Crippen LogP contribution in [0.25, 0.3) is 0 Å². The van der Waals surface area contributed by atoms with Crippen molar-refractivity contribution < 1.29 is 14.3 Å². The fraction of sp³-hybridized carbons (Fsp3) is 0.867. The van der Waals surface area contributed by atoms with Crippen molar-refractivity contribution in [3.05, 3.63) is 0 Å². The van der Waals surface area contributed by atoms with Gasteiger partial charge in [0.1, 0.15) is 6.04 Å². The third-order valence-electron chi connectivity index (χ3n) is 4.09. The number of hydrogen-bond acceptors (Lipinski definition) is 4. The number of nitrogens with one attached hydrogen (secondary N) is 1. The Morgan fingerprint density at radius 3 is 2.76 bits per heavy atom. The number of carbonyl (C=O) groups is 2. The van der Waals surface area contributed by atoms with Crippen LogP contribution in [0, 0.1) is 0 Å². The normalized spacial score (nSPS) is 23.1. The Kier molecular flexibility index (Phi) is 6.67. The van der Waals surface area contributed by atoms with Crippen molar-refractivity contribution in [2.75, 3.05) is 18.2 Å². The van der Waals surface area contributed by atoms with Gasteiger partial charge in [-0.2, -0.15) is 0 Å². The van der Waals surface area contributed by atoms with E-state index in [0.29, 0.717) is 18.2 Å². The minimum absolute atomic E-state index is 0.107. The summed E-state index contributed by atoms with van der Waals surface area (Å²) in [5, 5.41) is 3.08. The number of hydrogen-bond donors (Lipinski definition) is 1. The number of unbranched alkanes of at least 4 members (excludes halogenated alkanes) is 1. The Bertz CT molecular complexity index is 359. The van der Waals surface area contributed by atoms with Gasteiger partial charge in [-0.1, -0.05) is 32.6 Å². The highest BCUT2D eigenvalue weighted by Gasteiger charge is 2.36. The van der Waals surface area contributed by atoms with Gasteiger partial charge in [0.2, 0.25) is 0 Å². The molecule has 2 amide bonds. The first-order chi connectivity index (χ1) is 10.2. The van der Waals surface area contributed by atoms with Crippen LogP contribution in [-0.4, -0.2) is 47.2 Å². The van der Waals surface area contributed by atoms with Crippen molar-refractivity contribution in [2.45, 2.75) is 64.0 Å². The van der Waals surface area contributed by atoms with E-state index in [0.717, 1.165) is 25.7 Å². The Morgan fingerprint density at radius 2 is 2.05 bits per heavy atom. The molecule has 1 heterocycles. The highest BCUT2D eigenvalue weighted by Crippen LogP contribution is 2.23. The van der Waals surface area contributed by atoms with E-state index in [1.165, 1.54) is 19.3 Å². The Hall–Kier alpha value is -0.910. The SMILES string of the molecule is CCCCOC(=O)[C@@H]1CSCN1C(=O)NC1CCCCC1. The first-order valence-electron chi connectivity index (χ1n) is 8.04. The number of ether oxygens (including phenoxy) is 1. The maximum atomic E-state index is 12.4. The van der Waals surface area contributed by atoms with Crippen molar-refractivity contribution >= 4 is 23.8 Å². The average molecular weight is 314 g/mol. The fourth-order valence-electron chi connectivity index (χ4n) is 2.76. The van der Waals surface area contributed by atoms with Crippen LogP contribution in [0.4, 0.5) is 4.79 Å². The Labute approximate surface area is 131 Å². The molecule has 0 aromatic rings. The molecule has 2 fully saturated rings. The van der Waals surface area contributed by atoms with Gasteiger partial charge in [0.05, 0.1) is 12.5 Å². The predicted octanol–water partition coefficient (Wildman–Crippen LogP) is 2.75. The molecule has 6 heteroatoms. The number of nitrogens with zero attached hydrogens (tertiary/aromatic N) is 1. The van der Waals surface area contributed by atoms with Crippen LogP contribution in [-0.2, 0) is 9.53 Å². The number of esters is 1. The highest BCUT2D eigenvalue weighted by molar-refractivity contribution is 7.99. The monoisotopic (exact) mass is 314 g/mol. The van der Waals surface area contributed by atoms with Gasteiger partial charge in [-0.05, 0) is 19.3 Å². The van der Waals surface area contributed by atoms with Gasteiger partial charge in [0, 0.05) is 11.8 Å². The van der Waals surface area contributed by atoms with Crippen LogP contribution in [0.5, 0.6) is 0 Å². The highest BCUT2D eigenvalue weighted by atomic mass is 32.2. The van der Waals surface area contributed by atoms with Crippen LogP contribution in [0.3, 0.4) is 0 Å². The van der Waals surface area contributed by atoms with Gasteiger partial charge < -0.3 is 15.0 Å². The molecule has 1 saturated carbocycles. The van der Waals surface area contributed by atoms with Crippen molar-refractivity contribution in [1.82, 2.24) is 10.2 Å². The molecule has 5 nitrogen and oxygen atoms in total. The van der Waals surface area contributed by atoms with E-state index >= 15 is 0 Å². The zero-order valence-electron chi connectivity index (χ0n) is 12.8. The molecule has 1 saturated heterocycles. The number of rotatable bonds is 5. The molecule has 0 aromatic heterocycles. The minimum atomic E-state index is -0.421. The number of amides is 2. The van der Waals surface area contributed by atoms with E-state index in [-0.39, 0.29) is 18.0 Å². The topological polar surface area (TPSA) is 58.6 Å². The van der Waals surface area contributed by atoms with Gasteiger partial charge in [-0.25, -0.2) is 9.59 Å². The summed E-state index contributed by atoms with van der Waals surface area (Å²) in [6, 6.07) is -0.256.